The van der Waals surface area contributed by atoms with Gasteiger partial charge in [-0.25, -0.2) is 0 Å². The van der Waals surface area contributed by atoms with Gasteiger partial charge < -0.3 is 10.1 Å². The lowest BCUT2D eigenvalue weighted by Crippen LogP contribution is -2.22. The van der Waals surface area contributed by atoms with Crippen molar-refractivity contribution in [1.29, 1.82) is 0 Å². The lowest BCUT2D eigenvalue weighted by molar-refractivity contribution is 0.151. The average Bonchev–Trinajstić information content (AvgIpc) is 2.89. The highest BCUT2D eigenvalue weighted by Gasteiger charge is 2.49. The molecule has 2 aromatic rings. The summed E-state index contributed by atoms with van der Waals surface area (Å²) in [6, 6.07) is 8.40. The number of rotatable bonds is 2. The minimum Gasteiger partial charge on any atom is -0.392 e. The van der Waals surface area contributed by atoms with E-state index in [-0.39, 0.29) is 11.5 Å². The normalized spacial score (nSPS) is 20.4. The number of benzene rings is 1. The fraction of sp³-hybridized carbons (Fsp3) is 0.385. The van der Waals surface area contributed by atoms with E-state index < -0.39 is 0 Å². The summed E-state index contributed by atoms with van der Waals surface area (Å²) in [4.78, 5) is 3.28. The van der Waals surface area contributed by atoms with Crippen molar-refractivity contribution in [3.8, 4) is 0 Å². The molecule has 0 spiro atoms. The Morgan fingerprint density at radius 1 is 1.33 bits per heavy atom. The Bertz CT molecular complexity index is 494. The zero-order chi connectivity index (χ0) is 10.5. The van der Waals surface area contributed by atoms with Crippen LogP contribution in [0.2, 0.25) is 0 Å². The van der Waals surface area contributed by atoms with Crippen LogP contribution in [0.1, 0.15) is 25.3 Å². The highest BCUT2D eigenvalue weighted by atomic mass is 16.3. The highest BCUT2D eigenvalue weighted by Crippen LogP contribution is 2.52. The van der Waals surface area contributed by atoms with Gasteiger partial charge in [0.25, 0.3) is 0 Å². The van der Waals surface area contributed by atoms with Gasteiger partial charge in [0.1, 0.15) is 0 Å². The molecule has 1 fully saturated rings. The van der Waals surface area contributed by atoms with E-state index in [9.17, 15) is 5.11 Å². The first-order valence-corrected chi connectivity index (χ1v) is 5.49. The Morgan fingerprint density at radius 2 is 2.13 bits per heavy atom. The number of aromatic amines is 1. The summed E-state index contributed by atoms with van der Waals surface area (Å²) in [5.74, 6) is 0. The molecule has 1 aliphatic carbocycles. The summed E-state index contributed by atoms with van der Waals surface area (Å²) in [6.45, 7) is 1.90. The van der Waals surface area contributed by atoms with Crippen molar-refractivity contribution in [3.63, 3.8) is 0 Å². The molecule has 2 heteroatoms. The van der Waals surface area contributed by atoms with Gasteiger partial charge in [0, 0.05) is 17.1 Å². The molecule has 78 valence electrons. The van der Waals surface area contributed by atoms with Crippen LogP contribution in [0.3, 0.4) is 0 Å². The second-order valence-corrected chi connectivity index (χ2v) is 4.58. The number of aliphatic hydroxyl groups is 1. The number of hydrogen-bond acceptors (Lipinski definition) is 1. The van der Waals surface area contributed by atoms with E-state index in [0.717, 1.165) is 12.8 Å². The standard InChI is InChI=1S/C13H15NO/c1-9(15)13(6-7-13)11-4-2-3-10-5-8-14-12(10)11/h2-5,8-9,14-15H,6-7H2,1H3. The summed E-state index contributed by atoms with van der Waals surface area (Å²) in [6.07, 6.45) is 3.91. The lowest BCUT2D eigenvalue weighted by atomic mass is 9.89. The largest absolute Gasteiger partial charge is 0.392 e. The van der Waals surface area contributed by atoms with E-state index in [1.807, 2.05) is 13.1 Å². The van der Waals surface area contributed by atoms with Crippen LogP contribution in [0.15, 0.2) is 30.5 Å². The molecule has 1 heterocycles. The Hall–Kier alpha value is -1.28. The molecule has 1 atom stereocenters. The zero-order valence-corrected chi connectivity index (χ0v) is 8.83. The molecule has 2 N–H and O–H groups in total. The van der Waals surface area contributed by atoms with E-state index in [1.165, 1.54) is 16.5 Å². The van der Waals surface area contributed by atoms with Crippen LogP contribution >= 0.6 is 0 Å². The van der Waals surface area contributed by atoms with Crippen molar-refractivity contribution in [2.45, 2.75) is 31.3 Å². The maximum Gasteiger partial charge on any atom is 0.0609 e. The Balaban J connectivity index is 2.23. The molecule has 1 saturated carbocycles. The van der Waals surface area contributed by atoms with Crippen molar-refractivity contribution in [3.05, 3.63) is 36.0 Å². The van der Waals surface area contributed by atoms with Gasteiger partial charge in [-0.15, -0.1) is 0 Å². The third-order valence-electron chi connectivity index (χ3n) is 3.71. The highest BCUT2D eigenvalue weighted by molar-refractivity contribution is 5.84. The van der Waals surface area contributed by atoms with Crippen LogP contribution < -0.4 is 0 Å². The molecule has 15 heavy (non-hydrogen) atoms. The average molecular weight is 201 g/mol. The Morgan fingerprint density at radius 3 is 2.80 bits per heavy atom. The monoisotopic (exact) mass is 201 g/mol. The van der Waals surface area contributed by atoms with Gasteiger partial charge in [-0.3, -0.25) is 0 Å². The van der Waals surface area contributed by atoms with E-state index in [2.05, 4.69) is 29.2 Å². The van der Waals surface area contributed by atoms with Gasteiger partial charge >= 0.3 is 0 Å². The van der Waals surface area contributed by atoms with Gasteiger partial charge in [0.2, 0.25) is 0 Å². The molecule has 1 aromatic heterocycles. The van der Waals surface area contributed by atoms with Crippen LogP contribution in [-0.4, -0.2) is 16.2 Å². The molecular weight excluding hydrogens is 186 g/mol. The van der Waals surface area contributed by atoms with Gasteiger partial charge in [-0.2, -0.15) is 0 Å². The van der Waals surface area contributed by atoms with Crippen LogP contribution in [0, 0.1) is 0 Å². The van der Waals surface area contributed by atoms with Crippen LogP contribution in [0.5, 0.6) is 0 Å². The van der Waals surface area contributed by atoms with Crippen LogP contribution in [0.4, 0.5) is 0 Å². The molecule has 1 aromatic carbocycles. The second kappa shape index (κ2) is 2.86. The summed E-state index contributed by atoms with van der Waals surface area (Å²) >= 11 is 0. The summed E-state index contributed by atoms with van der Waals surface area (Å²) < 4.78 is 0. The van der Waals surface area contributed by atoms with E-state index in [4.69, 9.17) is 0 Å². The van der Waals surface area contributed by atoms with Crippen molar-refractivity contribution >= 4 is 10.9 Å². The number of aromatic nitrogens is 1. The molecule has 0 bridgehead atoms. The van der Waals surface area contributed by atoms with Crippen LogP contribution in [-0.2, 0) is 5.41 Å². The number of H-pyrrole nitrogens is 1. The SMILES string of the molecule is CC(O)C1(c2cccc3cc[nH]c23)CC1. The fourth-order valence-corrected chi connectivity index (χ4v) is 2.55. The maximum absolute atomic E-state index is 9.88. The Labute approximate surface area is 88.9 Å². The van der Waals surface area contributed by atoms with E-state index in [1.54, 1.807) is 0 Å². The third-order valence-corrected chi connectivity index (χ3v) is 3.71. The van der Waals surface area contributed by atoms with Crippen molar-refractivity contribution in [1.82, 2.24) is 4.98 Å². The van der Waals surface area contributed by atoms with Crippen molar-refractivity contribution < 1.29 is 5.11 Å². The first-order valence-electron chi connectivity index (χ1n) is 5.49. The summed E-state index contributed by atoms with van der Waals surface area (Å²) in [5.41, 5.74) is 2.49. The zero-order valence-electron chi connectivity index (χ0n) is 8.83. The smallest absolute Gasteiger partial charge is 0.0609 e. The predicted octanol–water partition coefficient (Wildman–Crippen LogP) is 2.58. The minimum absolute atomic E-state index is 0.0182. The van der Waals surface area contributed by atoms with Crippen molar-refractivity contribution in [2.75, 3.05) is 0 Å². The predicted molar refractivity (Wildman–Crippen MR) is 60.9 cm³/mol. The Kier molecular flexibility index (Phi) is 1.71. The first kappa shape index (κ1) is 8.98. The number of para-hydroxylation sites is 1. The number of aliphatic hydroxyl groups excluding tert-OH is 1. The van der Waals surface area contributed by atoms with Gasteiger partial charge in [-0.1, -0.05) is 18.2 Å². The second-order valence-electron chi connectivity index (χ2n) is 4.58. The molecule has 1 unspecified atom stereocenters. The molecule has 1 aliphatic rings. The van der Waals surface area contributed by atoms with E-state index >= 15 is 0 Å². The maximum atomic E-state index is 9.88. The van der Waals surface area contributed by atoms with Crippen molar-refractivity contribution in [2.24, 2.45) is 0 Å². The molecule has 0 saturated heterocycles. The summed E-state index contributed by atoms with van der Waals surface area (Å²) in [7, 11) is 0. The number of fused-ring (bicyclic) bond motifs is 1. The first-order chi connectivity index (χ1) is 7.24. The van der Waals surface area contributed by atoms with Gasteiger partial charge in [0.15, 0.2) is 0 Å². The minimum atomic E-state index is -0.258. The molecule has 2 nitrogen and oxygen atoms in total. The van der Waals surface area contributed by atoms with Crippen LogP contribution in [0.25, 0.3) is 10.9 Å². The van der Waals surface area contributed by atoms with Gasteiger partial charge in [-0.05, 0) is 36.8 Å². The number of nitrogens with one attached hydrogen (secondary N) is 1. The van der Waals surface area contributed by atoms with Gasteiger partial charge in [0.05, 0.1) is 6.10 Å². The quantitative estimate of drug-likeness (QED) is 0.769. The molecule has 0 radical (unpaired) electrons. The molecule has 3 rings (SSSR count). The fourth-order valence-electron chi connectivity index (χ4n) is 2.55. The van der Waals surface area contributed by atoms with E-state index in [0.29, 0.717) is 0 Å². The lowest BCUT2D eigenvalue weighted by Gasteiger charge is -2.19. The molecule has 0 amide bonds. The topological polar surface area (TPSA) is 36.0 Å². The third kappa shape index (κ3) is 1.15. The molecular formula is C13H15NO. The summed E-state index contributed by atoms with van der Waals surface area (Å²) in [5, 5.41) is 11.1. The molecule has 0 aliphatic heterocycles. The number of hydrogen-bond donors (Lipinski definition) is 2.